The monoisotopic (exact) mass is 247 g/mol. The van der Waals surface area contributed by atoms with Crippen molar-refractivity contribution < 1.29 is 24.6 Å². The van der Waals surface area contributed by atoms with Crippen LogP contribution in [0, 0.1) is 0 Å². The molecule has 0 aliphatic heterocycles. The third-order valence-corrected chi connectivity index (χ3v) is 1.98. The number of likely N-dealkylation sites (N-methyl/N-ethyl adjacent to an activating group) is 1. The second-order valence-corrected chi connectivity index (χ2v) is 3.38. The minimum Gasteiger partial charge on any atom is -0.479 e. The van der Waals surface area contributed by atoms with E-state index in [0.717, 1.165) is 0 Å². The van der Waals surface area contributed by atoms with E-state index in [1.54, 1.807) is 0 Å². The molecule has 0 aliphatic carbocycles. The summed E-state index contributed by atoms with van der Waals surface area (Å²) in [5.41, 5.74) is 0. The Morgan fingerprint density at radius 3 is 2.35 bits per heavy atom. The fourth-order valence-electron chi connectivity index (χ4n) is 0.976. The maximum Gasteiger partial charge on any atom is 0.332 e. The molecule has 5 N–H and O–H groups in total. The molecule has 0 aromatic carbocycles. The second kappa shape index (κ2) is 7.44. The molecular weight excluding hydrogens is 230 g/mol. The van der Waals surface area contributed by atoms with Crippen molar-refractivity contribution in [2.75, 3.05) is 13.6 Å². The summed E-state index contributed by atoms with van der Waals surface area (Å²) >= 11 is 0. The lowest BCUT2D eigenvalue weighted by atomic mass is 10.2. The predicted molar refractivity (Wildman–Crippen MR) is 58.3 cm³/mol. The molecule has 17 heavy (non-hydrogen) atoms. The number of aliphatic hydroxyl groups excluding tert-OH is 1. The number of hydrogen-bond acceptors (Lipinski definition) is 4. The van der Waals surface area contributed by atoms with E-state index in [1.165, 1.54) is 14.0 Å². The number of carboxylic acids is 1. The first-order valence-corrected chi connectivity index (χ1v) is 5.05. The molecule has 0 saturated heterocycles. The number of carbonyl (C=O) groups excluding carboxylic acids is 2. The number of hydrogen-bond donors (Lipinski definition) is 5. The van der Waals surface area contributed by atoms with Crippen molar-refractivity contribution in [3.05, 3.63) is 0 Å². The first-order chi connectivity index (χ1) is 7.88. The van der Waals surface area contributed by atoms with Crippen LogP contribution in [0.25, 0.3) is 0 Å². The Labute approximate surface area is 98.4 Å². The van der Waals surface area contributed by atoms with Gasteiger partial charge in [0.15, 0.2) is 6.10 Å². The van der Waals surface area contributed by atoms with Crippen molar-refractivity contribution in [3.8, 4) is 0 Å². The van der Waals surface area contributed by atoms with Gasteiger partial charge in [0.25, 0.3) is 0 Å². The van der Waals surface area contributed by atoms with Crippen LogP contribution < -0.4 is 16.0 Å². The quantitative estimate of drug-likeness (QED) is 0.380. The molecule has 0 aromatic rings. The highest BCUT2D eigenvalue weighted by Crippen LogP contribution is 1.89. The Morgan fingerprint density at radius 2 is 1.88 bits per heavy atom. The SMILES string of the molecule is CNC(=O)C(C)NC(=O)NCC[C@H](O)C(=O)O. The highest BCUT2D eigenvalue weighted by atomic mass is 16.4. The van der Waals surface area contributed by atoms with E-state index < -0.39 is 24.1 Å². The summed E-state index contributed by atoms with van der Waals surface area (Å²) in [7, 11) is 1.45. The summed E-state index contributed by atoms with van der Waals surface area (Å²) < 4.78 is 0. The maximum absolute atomic E-state index is 11.2. The fourth-order valence-corrected chi connectivity index (χ4v) is 0.976. The highest BCUT2D eigenvalue weighted by molar-refractivity contribution is 5.86. The Balaban J connectivity index is 3.81. The molecule has 0 fully saturated rings. The first kappa shape index (κ1) is 15.2. The van der Waals surface area contributed by atoms with Crippen LogP contribution in [0.2, 0.25) is 0 Å². The van der Waals surface area contributed by atoms with Crippen molar-refractivity contribution in [2.24, 2.45) is 0 Å². The van der Waals surface area contributed by atoms with E-state index in [1.807, 2.05) is 0 Å². The number of carbonyl (C=O) groups is 3. The molecule has 0 aromatic heterocycles. The van der Waals surface area contributed by atoms with Gasteiger partial charge in [-0.25, -0.2) is 9.59 Å². The molecule has 0 saturated carbocycles. The van der Waals surface area contributed by atoms with Crippen LogP contribution in [0.4, 0.5) is 4.79 Å². The van der Waals surface area contributed by atoms with Gasteiger partial charge in [-0.3, -0.25) is 4.79 Å². The normalized spacial score (nSPS) is 13.4. The molecule has 0 bridgehead atoms. The van der Waals surface area contributed by atoms with Gasteiger partial charge in [-0.2, -0.15) is 0 Å². The molecule has 8 nitrogen and oxygen atoms in total. The number of amides is 3. The van der Waals surface area contributed by atoms with Gasteiger partial charge in [0.1, 0.15) is 6.04 Å². The van der Waals surface area contributed by atoms with E-state index in [2.05, 4.69) is 16.0 Å². The van der Waals surface area contributed by atoms with Gasteiger partial charge in [0.2, 0.25) is 5.91 Å². The van der Waals surface area contributed by atoms with E-state index >= 15 is 0 Å². The van der Waals surface area contributed by atoms with E-state index in [0.29, 0.717) is 0 Å². The summed E-state index contributed by atoms with van der Waals surface area (Å²) in [6.45, 7) is 1.50. The topological polar surface area (TPSA) is 128 Å². The fraction of sp³-hybridized carbons (Fsp3) is 0.667. The molecule has 0 heterocycles. The number of rotatable bonds is 6. The van der Waals surface area contributed by atoms with Crippen LogP contribution in [0.5, 0.6) is 0 Å². The van der Waals surface area contributed by atoms with Crippen LogP contribution >= 0.6 is 0 Å². The zero-order valence-electron chi connectivity index (χ0n) is 9.69. The first-order valence-electron chi connectivity index (χ1n) is 5.05. The zero-order valence-corrected chi connectivity index (χ0v) is 9.69. The van der Waals surface area contributed by atoms with Crippen molar-refractivity contribution >= 4 is 17.9 Å². The predicted octanol–water partition coefficient (Wildman–Crippen LogP) is -1.74. The minimum atomic E-state index is -1.51. The smallest absolute Gasteiger partial charge is 0.332 e. The third-order valence-electron chi connectivity index (χ3n) is 1.98. The van der Waals surface area contributed by atoms with Crippen molar-refractivity contribution in [1.82, 2.24) is 16.0 Å². The van der Waals surface area contributed by atoms with Gasteiger partial charge >= 0.3 is 12.0 Å². The van der Waals surface area contributed by atoms with E-state index in [-0.39, 0.29) is 18.9 Å². The summed E-state index contributed by atoms with van der Waals surface area (Å²) in [6.07, 6.45) is -1.61. The van der Waals surface area contributed by atoms with Crippen LogP contribution in [-0.4, -0.2) is 53.9 Å². The van der Waals surface area contributed by atoms with Gasteiger partial charge in [-0.15, -0.1) is 0 Å². The molecule has 0 rings (SSSR count). The van der Waals surface area contributed by atoms with Gasteiger partial charge in [0.05, 0.1) is 0 Å². The molecular formula is C9H17N3O5. The number of carboxylic acid groups (broad SMARTS) is 1. The average molecular weight is 247 g/mol. The molecule has 0 aliphatic rings. The lowest BCUT2D eigenvalue weighted by molar-refractivity contribution is -0.146. The highest BCUT2D eigenvalue weighted by Gasteiger charge is 2.15. The van der Waals surface area contributed by atoms with Gasteiger partial charge in [-0.05, 0) is 6.92 Å². The standard InChI is InChI=1S/C9H17N3O5/c1-5(7(14)10-2)12-9(17)11-4-3-6(13)8(15)16/h5-6,13H,3-4H2,1-2H3,(H,10,14)(H,15,16)(H2,11,12,17)/t5?,6-/m0/s1. The zero-order chi connectivity index (χ0) is 13.4. The molecule has 0 spiro atoms. The van der Waals surface area contributed by atoms with E-state index in [4.69, 9.17) is 10.2 Å². The van der Waals surface area contributed by atoms with Gasteiger partial charge in [-0.1, -0.05) is 0 Å². The lowest BCUT2D eigenvalue weighted by Gasteiger charge is -2.13. The van der Waals surface area contributed by atoms with Crippen LogP contribution in [0.3, 0.4) is 0 Å². The number of aliphatic carboxylic acids is 1. The summed E-state index contributed by atoms with van der Waals surface area (Å²) in [5, 5.41) is 24.3. The molecule has 1 unspecified atom stereocenters. The van der Waals surface area contributed by atoms with Gasteiger partial charge in [0, 0.05) is 20.0 Å². The molecule has 2 atom stereocenters. The lowest BCUT2D eigenvalue weighted by Crippen LogP contribution is -2.48. The largest absolute Gasteiger partial charge is 0.479 e. The third kappa shape index (κ3) is 6.36. The Morgan fingerprint density at radius 1 is 1.29 bits per heavy atom. The molecule has 8 heteroatoms. The van der Waals surface area contributed by atoms with Crippen molar-refractivity contribution in [3.63, 3.8) is 0 Å². The maximum atomic E-state index is 11.2. The summed E-state index contributed by atoms with van der Waals surface area (Å²) in [5.74, 6) is -1.68. The van der Waals surface area contributed by atoms with Crippen molar-refractivity contribution in [2.45, 2.75) is 25.5 Å². The number of aliphatic hydroxyl groups is 1. The van der Waals surface area contributed by atoms with Gasteiger partial charge < -0.3 is 26.2 Å². The molecule has 98 valence electrons. The van der Waals surface area contributed by atoms with Crippen LogP contribution in [0.1, 0.15) is 13.3 Å². The summed E-state index contributed by atoms with van der Waals surface area (Å²) in [4.78, 5) is 32.5. The minimum absolute atomic E-state index is 0.000234. The molecule has 3 amide bonds. The number of urea groups is 1. The van der Waals surface area contributed by atoms with Crippen LogP contribution in [-0.2, 0) is 9.59 Å². The average Bonchev–Trinajstić information content (AvgIpc) is 2.27. The number of nitrogens with one attached hydrogen (secondary N) is 3. The molecule has 0 radical (unpaired) electrons. The second-order valence-electron chi connectivity index (χ2n) is 3.38. The Hall–Kier alpha value is -1.83. The van der Waals surface area contributed by atoms with E-state index in [9.17, 15) is 14.4 Å². The Kier molecular flexibility index (Phi) is 6.64. The Bertz CT molecular complexity index is 294. The van der Waals surface area contributed by atoms with Crippen molar-refractivity contribution in [1.29, 1.82) is 0 Å². The summed E-state index contributed by atoms with van der Waals surface area (Å²) in [6, 6.07) is -1.29. The van der Waals surface area contributed by atoms with Crippen LogP contribution in [0.15, 0.2) is 0 Å².